The lowest BCUT2D eigenvalue weighted by atomic mass is 10.1. The third-order valence-corrected chi connectivity index (χ3v) is 3.67. The number of para-hydroxylation sites is 1. The highest BCUT2D eigenvalue weighted by molar-refractivity contribution is 5.29. The summed E-state index contributed by atoms with van der Waals surface area (Å²) in [5.74, 6) is 0. The first-order valence-corrected chi connectivity index (χ1v) is 7.15. The van der Waals surface area contributed by atoms with E-state index in [4.69, 9.17) is 4.74 Å². The summed E-state index contributed by atoms with van der Waals surface area (Å²) in [5, 5.41) is 14.4. The van der Waals surface area contributed by atoms with E-state index in [1.807, 2.05) is 30.3 Å². The molecule has 2 atom stereocenters. The Morgan fingerprint density at radius 3 is 2.75 bits per heavy atom. The molecule has 0 amide bonds. The number of hydrogen-bond acceptors (Lipinski definition) is 4. The van der Waals surface area contributed by atoms with Crippen molar-refractivity contribution in [1.82, 2.24) is 14.8 Å². The van der Waals surface area contributed by atoms with E-state index in [0.29, 0.717) is 6.01 Å². The maximum atomic E-state index is 10.0. The van der Waals surface area contributed by atoms with E-state index in [1.165, 1.54) is 0 Å². The molecule has 0 aliphatic heterocycles. The SMILES string of the molecule is OC1CCCCCC1Oc1ncn(-c2ccccc2)n1. The van der Waals surface area contributed by atoms with Gasteiger partial charge in [0.2, 0.25) is 0 Å². The molecule has 5 heteroatoms. The van der Waals surface area contributed by atoms with Crippen LogP contribution in [0, 0.1) is 0 Å². The van der Waals surface area contributed by atoms with Crippen LogP contribution in [0.15, 0.2) is 36.7 Å². The van der Waals surface area contributed by atoms with Crippen LogP contribution in [0.1, 0.15) is 32.1 Å². The van der Waals surface area contributed by atoms with Crippen LogP contribution in [0.25, 0.3) is 5.69 Å². The highest BCUT2D eigenvalue weighted by Crippen LogP contribution is 2.21. The van der Waals surface area contributed by atoms with Crippen molar-refractivity contribution in [1.29, 1.82) is 0 Å². The molecule has 2 unspecified atom stereocenters. The average Bonchev–Trinajstić information content (AvgIpc) is 2.86. The maximum absolute atomic E-state index is 10.0. The molecule has 5 nitrogen and oxygen atoms in total. The lowest BCUT2D eigenvalue weighted by Gasteiger charge is -2.19. The molecule has 106 valence electrons. The second kappa shape index (κ2) is 6.05. The Kier molecular flexibility index (Phi) is 3.97. The Morgan fingerprint density at radius 1 is 1.10 bits per heavy atom. The van der Waals surface area contributed by atoms with Crippen molar-refractivity contribution >= 4 is 0 Å². The summed E-state index contributed by atoms with van der Waals surface area (Å²) < 4.78 is 7.44. The van der Waals surface area contributed by atoms with E-state index in [0.717, 1.165) is 37.8 Å². The third kappa shape index (κ3) is 2.99. The fourth-order valence-corrected chi connectivity index (χ4v) is 2.53. The number of benzene rings is 1. The molecule has 0 spiro atoms. The number of aliphatic hydroxyl groups is 1. The predicted octanol–water partition coefficient (Wildman–Crippen LogP) is 2.34. The van der Waals surface area contributed by atoms with Gasteiger partial charge in [0.25, 0.3) is 0 Å². The van der Waals surface area contributed by atoms with Crippen molar-refractivity contribution < 1.29 is 9.84 Å². The summed E-state index contributed by atoms with van der Waals surface area (Å²) in [4.78, 5) is 4.17. The summed E-state index contributed by atoms with van der Waals surface area (Å²) in [6.45, 7) is 0. The molecule has 1 aromatic carbocycles. The van der Waals surface area contributed by atoms with Gasteiger partial charge in [-0.15, -0.1) is 5.10 Å². The quantitative estimate of drug-likeness (QED) is 0.872. The van der Waals surface area contributed by atoms with Gasteiger partial charge in [-0.2, -0.15) is 4.98 Å². The summed E-state index contributed by atoms with van der Waals surface area (Å²) in [7, 11) is 0. The Labute approximate surface area is 118 Å². The van der Waals surface area contributed by atoms with Gasteiger partial charge in [0.15, 0.2) is 0 Å². The zero-order valence-corrected chi connectivity index (χ0v) is 11.4. The monoisotopic (exact) mass is 273 g/mol. The summed E-state index contributed by atoms with van der Waals surface area (Å²) in [6.07, 6.45) is 5.99. The van der Waals surface area contributed by atoms with Gasteiger partial charge in [-0.3, -0.25) is 0 Å². The van der Waals surface area contributed by atoms with Gasteiger partial charge in [0.1, 0.15) is 12.4 Å². The molecule has 0 radical (unpaired) electrons. The number of nitrogens with zero attached hydrogens (tertiary/aromatic N) is 3. The Hall–Kier alpha value is -1.88. The molecule has 0 bridgehead atoms. The van der Waals surface area contributed by atoms with Crippen molar-refractivity contribution in [3.05, 3.63) is 36.7 Å². The molecule has 2 aromatic rings. The minimum Gasteiger partial charge on any atom is -0.456 e. The van der Waals surface area contributed by atoms with Crippen LogP contribution in [-0.2, 0) is 0 Å². The van der Waals surface area contributed by atoms with Crippen molar-refractivity contribution in [2.24, 2.45) is 0 Å². The summed E-state index contributed by atoms with van der Waals surface area (Å²) in [5.41, 5.74) is 0.941. The fourth-order valence-electron chi connectivity index (χ4n) is 2.53. The molecule has 0 saturated heterocycles. The predicted molar refractivity (Wildman–Crippen MR) is 74.9 cm³/mol. The van der Waals surface area contributed by atoms with Crippen LogP contribution < -0.4 is 4.74 Å². The topological polar surface area (TPSA) is 60.2 Å². The summed E-state index contributed by atoms with van der Waals surface area (Å²) in [6, 6.07) is 10.1. The maximum Gasteiger partial charge on any atom is 0.336 e. The lowest BCUT2D eigenvalue weighted by Crippen LogP contribution is -2.30. The molecule has 1 saturated carbocycles. The zero-order chi connectivity index (χ0) is 13.8. The van der Waals surface area contributed by atoms with E-state index >= 15 is 0 Å². The smallest absolute Gasteiger partial charge is 0.336 e. The van der Waals surface area contributed by atoms with Crippen molar-refractivity contribution in [3.8, 4) is 11.7 Å². The molecule has 3 rings (SSSR count). The highest BCUT2D eigenvalue weighted by atomic mass is 16.5. The number of aliphatic hydroxyl groups excluding tert-OH is 1. The van der Waals surface area contributed by atoms with E-state index in [9.17, 15) is 5.11 Å². The van der Waals surface area contributed by atoms with Gasteiger partial charge >= 0.3 is 6.01 Å². The number of hydrogen-bond donors (Lipinski definition) is 1. The first-order chi connectivity index (χ1) is 9.83. The Balaban J connectivity index is 1.71. The molecule has 1 aromatic heterocycles. The average molecular weight is 273 g/mol. The van der Waals surface area contributed by atoms with Gasteiger partial charge in [-0.1, -0.05) is 31.0 Å². The molecule has 20 heavy (non-hydrogen) atoms. The van der Waals surface area contributed by atoms with Gasteiger partial charge in [0, 0.05) is 0 Å². The molecular formula is C15H19N3O2. The summed E-state index contributed by atoms with van der Waals surface area (Å²) >= 11 is 0. The van der Waals surface area contributed by atoms with Gasteiger partial charge in [0.05, 0.1) is 11.8 Å². The van der Waals surface area contributed by atoms with Crippen molar-refractivity contribution in [2.45, 2.75) is 44.3 Å². The highest BCUT2D eigenvalue weighted by Gasteiger charge is 2.24. The van der Waals surface area contributed by atoms with Gasteiger partial charge < -0.3 is 9.84 Å². The second-order valence-electron chi connectivity index (χ2n) is 5.17. The molecule has 1 heterocycles. The third-order valence-electron chi connectivity index (χ3n) is 3.67. The van der Waals surface area contributed by atoms with E-state index in [1.54, 1.807) is 11.0 Å². The van der Waals surface area contributed by atoms with Gasteiger partial charge in [-0.25, -0.2) is 4.68 Å². The van der Waals surface area contributed by atoms with Crippen molar-refractivity contribution in [3.63, 3.8) is 0 Å². The molecule has 1 aliphatic rings. The molecule has 1 fully saturated rings. The Bertz CT molecular complexity index is 541. The van der Waals surface area contributed by atoms with E-state index < -0.39 is 6.10 Å². The first-order valence-electron chi connectivity index (χ1n) is 7.15. The van der Waals surface area contributed by atoms with Crippen molar-refractivity contribution in [2.75, 3.05) is 0 Å². The van der Waals surface area contributed by atoms with Gasteiger partial charge in [-0.05, 0) is 31.4 Å². The van der Waals surface area contributed by atoms with Crippen LogP contribution in [0.2, 0.25) is 0 Å². The molecule has 1 N–H and O–H groups in total. The van der Waals surface area contributed by atoms with E-state index in [-0.39, 0.29) is 6.10 Å². The minimum atomic E-state index is -0.416. The standard InChI is InChI=1S/C15H19N3O2/c19-13-9-5-2-6-10-14(13)20-15-16-11-18(17-15)12-7-3-1-4-8-12/h1,3-4,7-8,11,13-14,19H,2,5-6,9-10H2. The normalized spacial score (nSPS) is 23.2. The zero-order valence-electron chi connectivity index (χ0n) is 11.4. The van der Waals surface area contributed by atoms with E-state index in [2.05, 4.69) is 10.1 Å². The molecule has 1 aliphatic carbocycles. The van der Waals surface area contributed by atoms with Crippen LogP contribution in [0.5, 0.6) is 6.01 Å². The van der Waals surface area contributed by atoms with Crippen LogP contribution in [-0.4, -0.2) is 32.1 Å². The van der Waals surface area contributed by atoms with Crippen LogP contribution in [0.3, 0.4) is 0 Å². The fraction of sp³-hybridized carbons (Fsp3) is 0.467. The largest absolute Gasteiger partial charge is 0.456 e. The minimum absolute atomic E-state index is 0.191. The van der Waals surface area contributed by atoms with Crippen LogP contribution in [0.4, 0.5) is 0 Å². The molecular weight excluding hydrogens is 254 g/mol. The Morgan fingerprint density at radius 2 is 1.90 bits per heavy atom. The number of aromatic nitrogens is 3. The second-order valence-corrected chi connectivity index (χ2v) is 5.17. The number of rotatable bonds is 3. The van der Waals surface area contributed by atoms with Crippen LogP contribution >= 0.6 is 0 Å². The lowest BCUT2D eigenvalue weighted by molar-refractivity contribution is 0.0264. The number of ether oxygens (including phenoxy) is 1. The first kappa shape index (κ1) is 13.1.